The van der Waals surface area contributed by atoms with Gasteiger partial charge in [0.25, 0.3) is 5.56 Å². The molecule has 1 aromatic carbocycles. The monoisotopic (exact) mass is 516 g/mol. The lowest BCUT2D eigenvalue weighted by Gasteiger charge is -2.24. The summed E-state index contributed by atoms with van der Waals surface area (Å²) in [6.45, 7) is 4.10. The molecular weight excluding hydrogens is 496 g/mol. The van der Waals surface area contributed by atoms with E-state index in [0.29, 0.717) is 27.0 Å². The summed E-state index contributed by atoms with van der Waals surface area (Å²) >= 11 is 6.31. The molecule has 8 heteroatoms. The number of halogens is 1. The Morgan fingerprint density at radius 2 is 2.03 bits per heavy atom. The van der Waals surface area contributed by atoms with Crippen LogP contribution in [0.3, 0.4) is 0 Å². The van der Waals surface area contributed by atoms with E-state index in [0.717, 1.165) is 21.3 Å². The van der Waals surface area contributed by atoms with Crippen LogP contribution in [0.5, 0.6) is 0 Å². The summed E-state index contributed by atoms with van der Waals surface area (Å²) in [6, 6.07) is 11.1. The molecule has 1 atom stereocenters. The summed E-state index contributed by atoms with van der Waals surface area (Å²) in [6.07, 6.45) is 3.36. The van der Waals surface area contributed by atoms with Gasteiger partial charge in [-0.1, -0.05) is 58.8 Å². The predicted octanol–water partition coefficient (Wildman–Crippen LogP) is 4.40. The fourth-order valence-corrected chi connectivity index (χ4v) is 5.66. The summed E-state index contributed by atoms with van der Waals surface area (Å²) in [4.78, 5) is 32.8. The number of aromatic nitrogens is 1. The quantitative estimate of drug-likeness (QED) is 0.456. The van der Waals surface area contributed by atoms with E-state index in [9.17, 15) is 9.59 Å². The van der Waals surface area contributed by atoms with Crippen LogP contribution in [-0.4, -0.2) is 17.1 Å². The van der Waals surface area contributed by atoms with Gasteiger partial charge in [-0.2, -0.15) is 0 Å². The molecular formula is C23H21BrN2O3S2. The summed E-state index contributed by atoms with van der Waals surface area (Å²) in [5.41, 5.74) is 1.95. The predicted molar refractivity (Wildman–Crippen MR) is 128 cm³/mol. The number of thiophene rings is 1. The van der Waals surface area contributed by atoms with E-state index in [4.69, 9.17) is 9.73 Å². The van der Waals surface area contributed by atoms with Crippen LogP contribution in [0.1, 0.15) is 43.2 Å². The van der Waals surface area contributed by atoms with E-state index in [1.807, 2.05) is 54.8 Å². The number of ether oxygens (including phenoxy) is 1. The van der Waals surface area contributed by atoms with Gasteiger partial charge < -0.3 is 4.74 Å². The lowest BCUT2D eigenvalue weighted by Crippen LogP contribution is -2.39. The third-order valence-electron chi connectivity index (χ3n) is 4.87. The molecule has 1 aliphatic heterocycles. The Balaban J connectivity index is 1.96. The maximum atomic E-state index is 13.5. The van der Waals surface area contributed by atoms with E-state index in [1.165, 1.54) is 22.7 Å². The molecule has 0 saturated carbocycles. The van der Waals surface area contributed by atoms with Crippen LogP contribution in [0.15, 0.2) is 67.3 Å². The average molecular weight is 517 g/mol. The average Bonchev–Trinajstić information content (AvgIpc) is 3.38. The van der Waals surface area contributed by atoms with Crippen molar-refractivity contribution in [1.82, 2.24) is 4.57 Å². The zero-order valence-electron chi connectivity index (χ0n) is 17.1. The van der Waals surface area contributed by atoms with Crippen molar-refractivity contribution >= 4 is 50.6 Å². The second-order valence-electron chi connectivity index (χ2n) is 6.98. The number of esters is 1. The third-order valence-corrected chi connectivity index (χ3v) is 7.31. The van der Waals surface area contributed by atoms with Crippen molar-refractivity contribution in [2.45, 2.75) is 32.7 Å². The molecule has 0 radical (unpaired) electrons. The number of allylic oxidation sites excluding steroid dienone is 1. The first-order chi connectivity index (χ1) is 15.0. The van der Waals surface area contributed by atoms with Gasteiger partial charge in [-0.15, -0.1) is 11.3 Å². The van der Waals surface area contributed by atoms with Gasteiger partial charge in [-0.3, -0.25) is 9.36 Å². The van der Waals surface area contributed by atoms with Gasteiger partial charge in [0.1, 0.15) is 6.04 Å². The van der Waals surface area contributed by atoms with Crippen molar-refractivity contribution in [2.24, 2.45) is 4.99 Å². The second-order valence-corrected chi connectivity index (χ2v) is 9.88. The van der Waals surface area contributed by atoms with Crippen LogP contribution in [-0.2, 0) is 9.53 Å². The van der Waals surface area contributed by atoms with E-state index in [2.05, 4.69) is 15.9 Å². The molecule has 3 aromatic rings. The minimum absolute atomic E-state index is 0.151. The number of carbonyl (C=O) groups is 1. The Hall–Kier alpha value is -2.29. The molecule has 3 heterocycles. The SMILES string of the molecule is CCCC1=C(C(=O)OCC)C(c2cccs2)n2c(s/c(=C\c3ccc(Br)cc3)c2=O)=N1. The Morgan fingerprint density at radius 3 is 2.68 bits per heavy atom. The first-order valence-corrected chi connectivity index (χ1v) is 12.5. The molecule has 0 N–H and O–H groups in total. The fourth-order valence-electron chi connectivity index (χ4n) is 3.55. The van der Waals surface area contributed by atoms with Gasteiger partial charge in [0.05, 0.1) is 22.4 Å². The molecule has 0 aliphatic carbocycles. The summed E-state index contributed by atoms with van der Waals surface area (Å²) < 4.78 is 8.59. The molecule has 0 spiro atoms. The van der Waals surface area contributed by atoms with Gasteiger partial charge in [-0.05, 0) is 48.6 Å². The van der Waals surface area contributed by atoms with Crippen molar-refractivity contribution in [3.63, 3.8) is 0 Å². The van der Waals surface area contributed by atoms with E-state index in [-0.39, 0.29) is 12.2 Å². The molecule has 5 nitrogen and oxygen atoms in total. The zero-order chi connectivity index (χ0) is 22.0. The van der Waals surface area contributed by atoms with Crippen LogP contribution in [0.2, 0.25) is 0 Å². The number of benzene rings is 1. The molecule has 160 valence electrons. The highest BCUT2D eigenvalue weighted by Gasteiger charge is 2.34. The number of hydrogen-bond donors (Lipinski definition) is 0. The molecule has 0 amide bonds. The molecule has 1 aliphatic rings. The number of fused-ring (bicyclic) bond motifs is 1. The van der Waals surface area contributed by atoms with Crippen LogP contribution in [0.4, 0.5) is 0 Å². The summed E-state index contributed by atoms with van der Waals surface area (Å²) in [5, 5.41) is 1.95. The summed E-state index contributed by atoms with van der Waals surface area (Å²) in [5.74, 6) is -0.407. The van der Waals surface area contributed by atoms with Crippen molar-refractivity contribution in [3.05, 3.63) is 87.6 Å². The Kier molecular flexibility index (Phi) is 6.69. The number of thiazole rings is 1. The van der Waals surface area contributed by atoms with Gasteiger partial charge in [0.2, 0.25) is 0 Å². The Bertz CT molecular complexity index is 1300. The number of rotatable bonds is 6. The van der Waals surface area contributed by atoms with Crippen LogP contribution >= 0.6 is 38.6 Å². The molecule has 0 bridgehead atoms. The second kappa shape index (κ2) is 9.46. The topological polar surface area (TPSA) is 60.7 Å². The van der Waals surface area contributed by atoms with Gasteiger partial charge in [-0.25, -0.2) is 9.79 Å². The minimum atomic E-state index is -0.524. The van der Waals surface area contributed by atoms with Crippen molar-refractivity contribution < 1.29 is 9.53 Å². The van der Waals surface area contributed by atoms with Crippen LogP contribution in [0, 0.1) is 0 Å². The standard InChI is InChI=1S/C23H21BrN2O3S2/c1-3-6-16-19(22(28)29-4-2)20(17-7-5-12-30-17)26-21(27)18(31-23(26)25-16)13-14-8-10-15(24)11-9-14/h5,7-13,20H,3-4,6H2,1-2H3/b18-13-. The highest BCUT2D eigenvalue weighted by molar-refractivity contribution is 9.10. The molecule has 0 saturated heterocycles. The maximum Gasteiger partial charge on any atom is 0.338 e. The lowest BCUT2D eigenvalue weighted by atomic mass is 9.99. The fraction of sp³-hybridized carbons (Fsp3) is 0.261. The summed E-state index contributed by atoms with van der Waals surface area (Å²) in [7, 11) is 0. The Labute approximate surface area is 196 Å². The molecule has 4 rings (SSSR count). The first kappa shape index (κ1) is 21.9. The number of carbonyl (C=O) groups excluding carboxylic acids is 1. The molecule has 1 unspecified atom stereocenters. The third kappa shape index (κ3) is 4.37. The highest BCUT2D eigenvalue weighted by atomic mass is 79.9. The molecule has 31 heavy (non-hydrogen) atoms. The molecule has 2 aromatic heterocycles. The van der Waals surface area contributed by atoms with E-state index >= 15 is 0 Å². The number of nitrogens with zero attached hydrogens (tertiary/aromatic N) is 2. The van der Waals surface area contributed by atoms with Gasteiger partial charge >= 0.3 is 5.97 Å². The normalized spacial score (nSPS) is 16.2. The van der Waals surface area contributed by atoms with E-state index in [1.54, 1.807) is 11.5 Å². The Morgan fingerprint density at radius 1 is 1.26 bits per heavy atom. The smallest absolute Gasteiger partial charge is 0.338 e. The van der Waals surface area contributed by atoms with Crippen molar-refractivity contribution in [2.75, 3.05) is 6.61 Å². The minimum Gasteiger partial charge on any atom is -0.463 e. The lowest BCUT2D eigenvalue weighted by molar-refractivity contribution is -0.139. The van der Waals surface area contributed by atoms with Gasteiger partial charge in [0, 0.05) is 9.35 Å². The first-order valence-electron chi connectivity index (χ1n) is 10.0. The highest BCUT2D eigenvalue weighted by Crippen LogP contribution is 2.34. The van der Waals surface area contributed by atoms with Crippen LogP contribution < -0.4 is 14.9 Å². The zero-order valence-corrected chi connectivity index (χ0v) is 20.4. The van der Waals surface area contributed by atoms with Crippen molar-refractivity contribution in [1.29, 1.82) is 0 Å². The van der Waals surface area contributed by atoms with Crippen molar-refractivity contribution in [3.8, 4) is 0 Å². The number of hydrogen-bond acceptors (Lipinski definition) is 6. The van der Waals surface area contributed by atoms with Gasteiger partial charge in [0.15, 0.2) is 4.80 Å². The molecule has 0 fully saturated rings. The largest absolute Gasteiger partial charge is 0.463 e. The van der Waals surface area contributed by atoms with E-state index < -0.39 is 12.0 Å². The van der Waals surface area contributed by atoms with Crippen LogP contribution in [0.25, 0.3) is 6.08 Å². The maximum absolute atomic E-state index is 13.5.